The smallest absolute Gasteiger partial charge is 0.198 e. The van der Waals surface area contributed by atoms with E-state index in [1.54, 1.807) is 24.3 Å². The van der Waals surface area contributed by atoms with Crippen molar-refractivity contribution in [2.45, 2.75) is 19.3 Å². The van der Waals surface area contributed by atoms with E-state index >= 15 is 0 Å². The first-order valence-corrected chi connectivity index (χ1v) is 6.01. The minimum absolute atomic E-state index is 0.0192. The Morgan fingerprint density at radius 3 is 2.88 bits per heavy atom. The molecule has 0 spiro atoms. The fourth-order valence-corrected chi connectivity index (χ4v) is 1.89. The first-order valence-electron chi connectivity index (χ1n) is 5.63. The molecule has 2 N–H and O–H groups in total. The lowest BCUT2D eigenvalue weighted by molar-refractivity contribution is 0.0955. The SMILES string of the molecule is NCCCCC(=O)c1cc2cc(Cl)ccc2o1. The Balaban J connectivity index is 2.15. The number of fused-ring (bicyclic) bond motifs is 1. The summed E-state index contributed by atoms with van der Waals surface area (Å²) in [6.45, 7) is 0.614. The maximum absolute atomic E-state index is 11.8. The molecule has 1 aromatic heterocycles. The molecular weight excluding hydrogens is 238 g/mol. The van der Waals surface area contributed by atoms with Crippen LogP contribution in [-0.2, 0) is 0 Å². The summed E-state index contributed by atoms with van der Waals surface area (Å²) in [5.41, 5.74) is 6.07. The molecule has 2 aromatic rings. The van der Waals surface area contributed by atoms with Gasteiger partial charge in [0, 0.05) is 16.8 Å². The molecule has 0 unspecified atom stereocenters. The fraction of sp³-hybridized carbons (Fsp3) is 0.308. The summed E-state index contributed by atoms with van der Waals surface area (Å²) < 4.78 is 5.48. The third-order valence-electron chi connectivity index (χ3n) is 2.61. The second kappa shape index (κ2) is 5.34. The lowest BCUT2D eigenvalue weighted by Gasteiger charge is -1.95. The van der Waals surface area contributed by atoms with E-state index in [9.17, 15) is 4.79 Å². The average Bonchev–Trinajstić information content (AvgIpc) is 2.72. The van der Waals surface area contributed by atoms with E-state index in [2.05, 4.69) is 0 Å². The zero-order chi connectivity index (χ0) is 12.3. The topological polar surface area (TPSA) is 56.2 Å². The van der Waals surface area contributed by atoms with Crippen LogP contribution in [0.15, 0.2) is 28.7 Å². The fourth-order valence-electron chi connectivity index (χ4n) is 1.70. The molecule has 90 valence electrons. The van der Waals surface area contributed by atoms with Crippen LogP contribution in [0.4, 0.5) is 0 Å². The van der Waals surface area contributed by atoms with E-state index in [0.717, 1.165) is 18.2 Å². The summed E-state index contributed by atoms with van der Waals surface area (Å²) in [6, 6.07) is 7.05. The lowest BCUT2D eigenvalue weighted by Crippen LogP contribution is -2.01. The van der Waals surface area contributed by atoms with Crippen molar-refractivity contribution in [3.05, 3.63) is 35.0 Å². The Labute approximate surface area is 105 Å². The minimum Gasteiger partial charge on any atom is -0.453 e. The van der Waals surface area contributed by atoms with E-state index in [0.29, 0.717) is 29.3 Å². The Hall–Kier alpha value is -1.32. The van der Waals surface area contributed by atoms with Crippen LogP contribution in [0.1, 0.15) is 29.8 Å². The number of ketones is 1. The second-order valence-corrected chi connectivity index (χ2v) is 4.40. The third kappa shape index (κ3) is 2.87. The highest BCUT2D eigenvalue weighted by Crippen LogP contribution is 2.24. The number of furan rings is 1. The monoisotopic (exact) mass is 251 g/mol. The summed E-state index contributed by atoms with van der Waals surface area (Å²) in [7, 11) is 0. The van der Waals surface area contributed by atoms with Crippen molar-refractivity contribution in [2.24, 2.45) is 5.73 Å². The zero-order valence-electron chi connectivity index (χ0n) is 9.41. The highest BCUT2D eigenvalue weighted by Gasteiger charge is 2.11. The number of nitrogens with two attached hydrogens (primary N) is 1. The quantitative estimate of drug-likeness (QED) is 0.655. The van der Waals surface area contributed by atoms with Gasteiger partial charge in [-0.15, -0.1) is 0 Å². The molecule has 0 fully saturated rings. The van der Waals surface area contributed by atoms with Gasteiger partial charge in [0.15, 0.2) is 11.5 Å². The summed E-state index contributed by atoms with van der Waals surface area (Å²) in [5, 5.41) is 1.50. The number of hydrogen-bond donors (Lipinski definition) is 1. The van der Waals surface area contributed by atoms with Crippen molar-refractivity contribution in [1.29, 1.82) is 0 Å². The predicted octanol–water partition coefficient (Wildman–Crippen LogP) is 3.40. The molecule has 3 nitrogen and oxygen atoms in total. The van der Waals surface area contributed by atoms with Crippen molar-refractivity contribution >= 4 is 28.4 Å². The molecule has 0 aliphatic carbocycles. The standard InChI is InChI=1S/C13H14ClNO2/c14-10-4-5-12-9(7-10)8-13(17-12)11(16)3-1-2-6-15/h4-5,7-8H,1-3,6,15H2. The molecule has 2 rings (SSSR count). The van der Waals surface area contributed by atoms with Gasteiger partial charge in [0.25, 0.3) is 0 Å². The van der Waals surface area contributed by atoms with Crippen LogP contribution in [0.25, 0.3) is 11.0 Å². The van der Waals surface area contributed by atoms with Crippen molar-refractivity contribution < 1.29 is 9.21 Å². The maximum atomic E-state index is 11.8. The maximum Gasteiger partial charge on any atom is 0.198 e. The van der Waals surface area contributed by atoms with E-state index in [-0.39, 0.29) is 5.78 Å². The molecule has 17 heavy (non-hydrogen) atoms. The van der Waals surface area contributed by atoms with Gasteiger partial charge in [0.2, 0.25) is 0 Å². The second-order valence-electron chi connectivity index (χ2n) is 3.96. The van der Waals surface area contributed by atoms with Gasteiger partial charge >= 0.3 is 0 Å². The van der Waals surface area contributed by atoms with E-state index in [1.165, 1.54) is 0 Å². The summed E-state index contributed by atoms with van der Waals surface area (Å²) >= 11 is 5.87. The van der Waals surface area contributed by atoms with Gasteiger partial charge in [-0.3, -0.25) is 4.79 Å². The van der Waals surface area contributed by atoms with Gasteiger partial charge in [-0.2, -0.15) is 0 Å². The molecule has 0 atom stereocenters. The number of unbranched alkanes of at least 4 members (excludes halogenated alkanes) is 1. The molecular formula is C13H14ClNO2. The Morgan fingerprint density at radius 2 is 2.12 bits per heavy atom. The van der Waals surface area contributed by atoms with Crippen LogP contribution >= 0.6 is 11.6 Å². The number of Topliss-reactive ketones (excluding diaryl/α,β-unsaturated/α-hetero) is 1. The van der Waals surface area contributed by atoms with E-state index < -0.39 is 0 Å². The number of rotatable bonds is 5. The van der Waals surface area contributed by atoms with Crippen LogP contribution in [0.2, 0.25) is 5.02 Å². The zero-order valence-corrected chi connectivity index (χ0v) is 10.2. The van der Waals surface area contributed by atoms with Gasteiger partial charge in [-0.1, -0.05) is 11.6 Å². The molecule has 4 heteroatoms. The Kier molecular flexibility index (Phi) is 3.82. The van der Waals surface area contributed by atoms with Crippen LogP contribution in [0.5, 0.6) is 0 Å². The summed E-state index contributed by atoms with van der Waals surface area (Å²) in [4.78, 5) is 11.8. The van der Waals surface area contributed by atoms with Gasteiger partial charge in [-0.25, -0.2) is 0 Å². The van der Waals surface area contributed by atoms with E-state index in [4.69, 9.17) is 21.8 Å². The van der Waals surface area contributed by atoms with Crippen molar-refractivity contribution in [3.8, 4) is 0 Å². The van der Waals surface area contributed by atoms with Gasteiger partial charge in [0.1, 0.15) is 5.58 Å². The van der Waals surface area contributed by atoms with Crippen molar-refractivity contribution in [1.82, 2.24) is 0 Å². The van der Waals surface area contributed by atoms with Crippen LogP contribution < -0.4 is 5.73 Å². The molecule has 0 aliphatic rings. The van der Waals surface area contributed by atoms with Gasteiger partial charge in [0.05, 0.1) is 0 Å². The molecule has 1 aromatic carbocycles. The number of benzene rings is 1. The summed E-state index contributed by atoms with van der Waals surface area (Å²) in [5.74, 6) is 0.421. The minimum atomic E-state index is 0.0192. The predicted molar refractivity (Wildman–Crippen MR) is 68.5 cm³/mol. The third-order valence-corrected chi connectivity index (χ3v) is 2.85. The number of hydrogen-bond acceptors (Lipinski definition) is 3. The van der Waals surface area contributed by atoms with Crippen LogP contribution in [-0.4, -0.2) is 12.3 Å². The first kappa shape index (κ1) is 12.1. The highest BCUT2D eigenvalue weighted by molar-refractivity contribution is 6.31. The number of carbonyl (C=O) groups excluding carboxylic acids is 1. The summed E-state index contributed by atoms with van der Waals surface area (Å²) in [6.07, 6.45) is 2.13. The normalized spacial score (nSPS) is 10.9. The number of halogens is 1. The van der Waals surface area contributed by atoms with Crippen molar-refractivity contribution in [3.63, 3.8) is 0 Å². The molecule has 0 amide bonds. The molecule has 0 saturated heterocycles. The molecule has 0 radical (unpaired) electrons. The van der Waals surface area contributed by atoms with Crippen LogP contribution in [0, 0.1) is 0 Å². The Bertz CT molecular complexity index is 533. The van der Waals surface area contributed by atoms with E-state index in [1.807, 2.05) is 0 Å². The van der Waals surface area contributed by atoms with Gasteiger partial charge in [-0.05, 0) is 43.7 Å². The van der Waals surface area contributed by atoms with Gasteiger partial charge < -0.3 is 10.2 Å². The highest BCUT2D eigenvalue weighted by atomic mass is 35.5. The van der Waals surface area contributed by atoms with Crippen LogP contribution in [0.3, 0.4) is 0 Å². The molecule has 0 aliphatic heterocycles. The lowest BCUT2D eigenvalue weighted by atomic mass is 10.1. The average molecular weight is 252 g/mol. The largest absolute Gasteiger partial charge is 0.453 e. The molecule has 0 saturated carbocycles. The van der Waals surface area contributed by atoms with Crippen molar-refractivity contribution in [2.75, 3.05) is 6.54 Å². The molecule has 1 heterocycles. The molecule has 0 bridgehead atoms. The Morgan fingerprint density at radius 1 is 1.29 bits per heavy atom. The number of carbonyl (C=O) groups is 1. The first-order chi connectivity index (χ1) is 8.20.